The van der Waals surface area contributed by atoms with Crippen LogP contribution in [-0.4, -0.2) is 23.3 Å². The molecule has 3 aromatic rings. The normalized spacial score (nSPS) is 10.9. The number of aromatic nitrogens is 2. The van der Waals surface area contributed by atoms with Gasteiger partial charge in [-0.15, -0.1) is 0 Å². The molecule has 1 heterocycles. The molecule has 0 saturated heterocycles. The Kier molecular flexibility index (Phi) is 5.41. The number of imidazole rings is 1. The molecular formula is C18H16ClN3OS. The first kappa shape index (κ1) is 16.8. The van der Waals surface area contributed by atoms with E-state index in [-0.39, 0.29) is 0 Å². The van der Waals surface area contributed by atoms with Crippen LogP contribution in [0.25, 0.3) is 11.0 Å². The fourth-order valence-corrected chi connectivity index (χ4v) is 3.62. The van der Waals surface area contributed by atoms with Crippen molar-refractivity contribution >= 4 is 34.4 Å². The van der Waals surface area contributed by atoms with Gasteiger partial charge in [0.1, 0.15) is 0 Å². The predicted octanol–water partition coefficient (Wildman–Crippen LogP) is 4.50. The second-order valence-corrected chi connectivity index (χ2v) is 6.65. The molecule has 0 unspecified atom stereocenters. The van der Waals surface area contributed by atoms with Crippen molar-refractivity contribution in [1.29, 1.82) is 5.26 Å². The minimum Gasteiger partial charge on any atom is -0.383 e. The third kappa shape index (κ3) is 3.73. The summed E-state index contributed by atoms with van der Waals surface area (Å²) in [5.41, 5.74) is 3.70. The van der Waals surface area contributed by atoms with Gasteiger partial charge in [0.2, 0.25) is 0 Å². The van der Waals surface area contributed by atoms with Crippen molar-refractivity contribution in [2.45, 2.75) is 17.5 Å². The van der Waals surface area contributed by atoms with Crippen LogP contribution in [0.4, 0.5) is 0 Å². The Hall–Kier alpha value is -2.00. The lowest BCUT2D eigenvalue weighted by Gasteiger charge is -2.08. The molecule has 0 saturated carbocycles. The fourth-order valence-electron chi connectivity index (χ4n) is 2.47. The highest BCUT2D eigenvalue weighted by Gasteiger charge is 2.12. The highest BCUT2D eigenvalue weighted by molar-refractivity contribution is 7.98. The number of ether oxygens (including phenoxy) is 1. The number of rotatable bonds is 6. The van der Waals surface area contributed by atoms with Crippen LogP contribution in [0.15, 0.2) is 47.6 Å². The zero-order chi connectivity index (χ0) is 16.9. The molecule has 24 heavy (non-hydrogen) atoms. The highest BCUT2D eigenvalue weighted by Crippen LogP contribution is 2.28. The second-order valence-electron chi connectivity index (χ2n) is 5.27. The summed E-state index contributed by atoms with van der Waals surface area (Å²) in [6.07, 6.45) is 0. The van der Waals surface area contributed by atoms with Crippen molar-refractivity contribution < 1.29 is 4.74 Å². The lowest BCUT2D eigenvalue weighted by atomic mass is 10.2. The monoisotopic (exact) mass is 357 g/mol. The Bertz CT molecular complexity index is 901. The first-order valence-electron chi connectivity index (χ1n) is 7.48. The van der Waals surface area contributed by atoms with Gasteiger partial charge in [0, 0.05) is 24.4 Å². The third-order valence-corrected chi connectivity index (χ3v) is 4.90. The first-order valence-corrected chi connectivity index (χ1v) is 8.84. The van der Waals surface area contributed by atoms with E-state index >= 15 is 0 Å². The molecule has 0 spiro atoms. The van der Waals surface area contributed by atoms with Gasteiger partial charge < -0.3 is 9.30 Å². The van der Waals surface area contributed by atoms with Crippen molar-refractivity contribution in [2.75, 3.05) is 13.7 Å². The van der Waals surface area contributed by atoms with E-state index < -0.39 is 0 Å². The van der Waals surface area contributed by atoms with E-state index in [9.17, 15) is 0 Å². The SMILES string of the molecule is COCCn1c(SCc2cccc(C#N)c2)nc2cc(Cl)ccc21. The van der Waals surface area contributed by atoms with Crippen LogP contribution in [0.3, 0.4) is 0 Å². The summed E-state index contributed by atoms with van der Waals surface area (Å²) in [5.74, 6) is 0.750. The van der Waals surface area contributed by atoms with E-state index in [4.69, 9.17) is 26.6 Å². The van der Waals surface area contributed by atoms with Gasteiger partial charge >= 0.3 is 0 Å². The van der Waals surface area contributed by atoms with Gasteiger partial charge in [-0.25, -0.2) is 4.98 Å². The lowest BCUT2D eigenvalue weighted by molar-refractivity contribution is 0.186. The molecule has 0 fully saturated rings. The van der Waals surface area contributed by atoms with Gasteiger partial charge in [0.05, 0.1) is 29.3 Å². The highest BCUT2D eigenvalue weighted by atomic mass is 35.5. The Morgan fingerprint density at radius 2 is 2.17 bits per heavy atom. The van der Waals surface area contributed by atoms with Gasteiger partial charge in [0.15, 0.2) is 5.16 Å². The van der Waals surface area contributed by atoms with Crippen LogP contribution in [0, 0.1) is 11.3 Å². The summed E-state index contributed by atoms with van der Waals surface area (Å²) in [6.45, 7) is 1.35. The lowest BCUT2D eigenvalue weighted by Crippen LogP contribution is -2.05. The maximum absolute atomic E-state index is 9.01. The van der Waals surface area contributed by atoms with Crippen LogP contribution >= 0.6 is 23.4 Å². The minimum atomic E-state index is 0.617. The number of hydrogen-bond acceptors (Lipinski definition) is 4. The second kappa shape index (κ2) is 7.71. The molecule has 0 amide bonds. The van der Waals surface area contributed by atoms with E-state index in [0.29, 0.717) is 17.2 Å². The van der Waals surface area contributed by atoms with Crippen LogP contribution in [0.1, 0.15) is 11.1 Å². The van der Waals surface area contributed by atoms with Gasteiger partial charge in [-0.2, -0.15) is 5.26 Å². The van der Waals surface area contributed by atoms with E-state index in [1.54, 1.807) is 18.9 Å². The van der Waals surface area contributed by atoms with Crippen molar-refractivity contribution in [3.8, 4) is 6.07 Å². The largest absolute Gasteiger partial charge is 0.383 e. The van der Waals surface area contributed by atoms with Crippen LogP contribution in [-0.2, 0) is 17.0 Å². The molecule has 1 aromatic heterocycles. The first-order chi connectivity index (χ1) is 11.7. The number of benzene rings is 2. The van der Waals surface area contributed by atoms with Gasteiger partial charge in [-0.1, -0.05) is 35.5 Å². The fraction of sp³-hybridized carbons (Fsp3) is 0.222. The molecule has 0 bridgehead atoms. The number of thioether (sulfide) groups is 1. The van der Waals surface area contributed by atoms with Crippen molar-refractivity contribution in [2.24, 2.45) is 0 Å². The molecule has 0 N–H and O–H groups in total. The summed E-state index contributed by atoms with van der Waals surface area (Å²) in [7, 11) is 1.69. The standard InChI is InChI=1S/C18H16ClN3OS/c1-23-8-7-22-17-6-5-15(19)10-16(17)21-18(22)24-12-14-4-2-3-13(9-14)11-20/h2-6,9-10H,7-8,12H2,1H3. The molecule has 0 radical (unpaired) electrons. The number of methoxy groups -OCH3 is 1. The van der Waals surface area contributed by atoms with Crippen molar-refractivity contribution in [1.82, 2.24) is 9.55 Å². The minimum absolute atomic E-state index is 0.617. The summed E-state index contributed by atoms with van der Waals surface area (Å²) < 4.78 is 7.36. The summed E-state index contributed by atoms with van der Waals surface area (Å²) in [5, 5.41) is 10.6. The van der Waals surface area contributed by atoms with Gasteiger partial charge in [-0.05, 0) is 35.9 Å². The van der Waals surface area contributed by atoms with Gasteiger partial charge in [-0.3, -0.25) is 0 Å². The number of nitrogens with zero attached hydrogens (tertiary/aromatic N) is 3. The number of fused-ring (bicyclic) bond motifs is 1. The zero-order valence-electron chi connectivity index (χ0n) is 13.2. The van der Waals surface area contributed by atoms with Crippen LogP contribution in [0.2, 0.25) is 5.02 Å². The summed E-state index contributed by atoms with van der Waals surface area (Å²) in [4.78, 5) is 4.70. The molecule has 0 aliphatic rings. The molecule has 4 nitrogen and oxygen atoms in total. The molecule has 0 aliphatic heterocycles. The Balaban J connectivity index is 1.88. The van der Waals surface area contributed by atoms with E-state index in [1.165, 1.54) is 0 Å². The van der Waals surface area contributed by atoms with Crippen molar-refractivity contribution in [3.05, 3.63) is 58.6 Å². The average Bonchev–Trinajstić information content (AvgIpc) is 2.94. The maximum atomic E-state index is 9.01. The van der Waals surface area contributed by atoms with E-state index in [2.05, 4.69) is 10.6 Å². The topological polar surface area (TPSA) is 50.8 Å². The molecule has 6 heteroatoms. The zero-order valence-corrected chi connectivity index (χ0v) is 14.8. The predicted molar refractivity (Wildman–Crippen MR) is 97.3 cm³/mol. The third-order valence-electron chi connectivity index (χ3n) is 3.62. The average molecular weight is 358 g/mol. The van der Waals surface area contributed by atoms with E-state index in [0.717, 1.165) is 34.1 Å². The molecule has 2 aromatic carbocycles. The van der Waals surface area contributed by atoms with Gasteiger partial charge in [0.25, 0.3) is 0 Å². The van der Waals surface area contributed by atoms with E-state index in [1.807, 2.05) is 42.5 Å². The quantitative estimate of drug-likeness (QED) is 0.609. The molecule has 0 atom stereocenters. The molecule has 0 aliphatic carbocycles. The summed E-state index contributed by atoms with van der Waals surface area (Å²) in [6, 6.07) is 15.6. The Morgan fingerprint density at radius 1 is 1.29 bits per heavy atom. The number of nitriles is 1. The Labute approximate surface area is 150 Å². The smallest absolute Gasteiger partial charge is 0.169 e. The Morgan fingerprint density at radius 3 is 2.96 bits per heavy atom. The maximum Gasteiger partial charge on any atom is 0.169 e. The number of hydrogen-bond donors (Lipinski definition) is 0. The number of halogens is 1. The molecule has 3 rings (SSSR count). The van der Waals surface area contributed by atoms with Crippen LogP contribution in [0.5, 0.6) is 0 Å². The molecule has 122 valence electrons. The molecular weight excluding hydrogens is 342 g/mol. The summed E-state index contributed by atoms with van der Waals surface area (Å²) >= 11 is 7.72. The van der Waals surface area contributed by atoms with Crippen molar-refractivity contribution in [3.63, 3.8) is 0 Å². The van der Waals surface area contributed by atoms with Crippen LogP contribution < -0.4 is 0 Å².